The van der Waals surface area contributed by atoms with Crippen LogP contribution >= 0.6 is 0 Å². The van der Waals surface area contributed by atoms with Crippen LogP contribution in [0.1, 0.15) is 22.3 Å². The van der Waals surface area contributed by atoms with Gasteiger partial charge < -0.3 is 24.2 Å². The summed E-state index contributed by atoms with van der Waals surface area (Å²) in [6.45, 7) is 3.35. The molecule has 0 unspecified atom stereocenters. The van der Waals surface area contributed by atoms with Crippen molar-refractivity contribution in [3.8, 4) is 28.6 Å². The molecular formula is C31H32N6O5. The Bertz CT molecular complexity index is 1660. The van der Waals surface area contributed by atoms with Gasteiger partial charge >= 0.3 is 0 Å². The largest absolute Gasteiger partial charge is 0.497 e. The first kappa shape index (κ1) is 27.4. The van der Waals surface area contributed by atoms with E-state index in [9.17, 15) is 4.79 Å². The summed E-state index contributed by atoms with van der Waals surface area (Å²) in [6.07, 6.45) is 2.38. The number of fused-ring (bicyclic) bond motifs is 1. The van der Waals surface area contributed by atoms with E-state index < -0.39 is 0 Å². The summed E-state index contributed by atoms with van der Waals surface area (Å²) in [7, 11) is 1.65. The Labute approximate surface area is 242 Å². The van der Waals surface area contributed by atoms with Gasteiger partial charge in [-0.1, -0.05) is 17.3 Å². The van der Waals surface area contributed by atoms with Gasteiger partial charge in [0.1, 0.15) is 22.9 Å². The predicted octanol–water partition coefficient (Wildman–Crippen LogP) is 3.57. The van der Waals surface area contributed by atoms with E-state index in [-0.39, 0.29) is 12.5 Å². The molecule has 0 saturated carbocycles. The van der Waals surface area contributed by atoms with Crippen molar-refractivity contribution in [1.29, 1.82) is 0 Å². The summed E-state index contributed by atoms with van der Waals surface area (Å²) >= 11 is 0. The van der Waals surface area contributed by atoms with E-state index in [2.05, 4.69) is 10.3 Å². The second-order valence-electron chi connectivity index (χ2n) is 9.96. The van der Waals surface area contributed by atoms with Gasteiger partial charge in [0.05, 0.1) is 50.9 Å². The lowest BCUT2D eigenvalue weighted by atomic mass is 10.1. The van der Waals surface area contributed by atoms with Crippen molar-refractivity contribution >= 4 is 16.8 Å². The zero-order chi connectivity index (χ0) is 28.9. The SMILES string of the molecule is COc1ccc(Cn2nc(-c3cn(-c4ccc(C(=O)N5CCOCC5)cc4)nn3)c3cc(OCCCO)ccc32)cc1. The van der Waals surface area contributed by atoms with Crippen LogP contribution in [0.2, 0.25) is 0 Å². The first-order valence-electron chi connectivity index (χ1n) is 13.9. The number of ether oxygens (including phenoxy) is 3. The second-order valence-corrected chi connectivity index (χ2v) is 9.96. The highest BCUT2D eigenvalue weighted by Crippen LogP contribution is 2.31. The summed E-state index contributed by atoms with van der Waals surface area (Å²) in [4.78, 5) is 14.6. The Morgan fingerprint density at radius 2 is 1.76 bits per heavy atom. The fourth-order valence-corrected chi connectivity index (χ4v) is 4.92. The molecule has 42 heavy (non-hydrogen) atoms. The molecule has 6 rings (SSSR count). The van der Waals surface area contributed by atoms with Crippen LogP contribution in [0.3, 0.4) is 0 Å². The van der Waals surface area contributed by atoms with E-state index >= 15 is 0 Å². The molecule has 0 atom stereocenters. The number of carbonyl (C=O) groups is 1. The van der Waals surface area contributed by atoms with E-state index in [1.54, 1.807) is 16.7 Å². The highest BCUT2D eigenvalue weighted by Gasteiger charge is 2.20. The maximum absolute atomic E-state index is 12.8. The lowest BCUT2D eigenvalue weighted by Gasteiger charge is -2.26. The molecule has 5 aromatic rings. The molecule has 1 amide bonds. The molecule has 2 aromatic heterocycles. The molecule has 1 aliphatic rings. The summed E-state index contributed by atoms with van der Waals surface area (Å²) in [6, 6.07) is 21.1. The van der Waals surface area contributed by atoms with Gasteiger partial charge in [-0.2, -0.15) is 5.10 Å². The number of nitrogens with zero attached hydrogens (tertiary/aromatic N) is 6. The zero-order valence-corrected chi connectivity index (χ0v) is 23.3. The van der Waals surface area contributed by atoms with Crippen LogP contribution in [0.5, 0.6) is 11.5 Å². The number of rotatable bonds is 10. The molecule has 1 saturated heterocycles. The van der Waals surface area contributed by atoms with Crippen LogP contribution in [-0.2, 0) is 11.3 Å². The lowest BCUT2D eigenvalue weighted by molar-refractivity contribution is 0.0303. The van der Waals surface area contributed by atoms with E-state index in [0.29, 0.717) is 68.6 Å². The molecular weight excluding hydrogens is 536 g/mol. The van der Waals surface area contributed by atoms with Gasteiger partial charge in [-0.25, -0.2) is 4.68 Å². The molecule has 0 radical (unpaired) electrons. The Hall–Kier alpha value is -4.74. The van der Waals surface area contributed by atoms with Crippen molar-refractivity contribution in [3.63, 3.8) is 0 Å². The van der Waals surface area contributed by atoms with E-state index in [1.165, 1.54) is 0 Å². The Balaban J connectivity index is 1.29. The quantitative estimate of drug-likeness (QED) is 0.254. The second kappa shape index (κ2) is 12.4. The van der Waals surface area contributed by atoms with E-state index in [0.717, 1.165) is 27.9 Å². The standard InChI is InChI=1S/C31H32N6O5/c1-40-25-9-3-22(4-10-25)20-37-29-12-11-26(42-16-2-15-38)19-27(29)30(33-37)28-21-36(34-32-28)24-7-5-23(6-8-24)31(39)35-13-17-41-18-14-35/h3-12,19,21,38H,2,13-18,20H2,1H3. The number of amides is 1. The molecule has 216 valence electrons. The molecule has 0 spiro atoms. The minimum absolute atomic E-state index is 0.00462. The Morgan fingerprint density at radius 3 is 2.50 bits per heavy atom. The number of carbonyl (C=O) groups excluding carboxylic acids is 1. The minimum Gasteiger partial charge on any atom is -0.497 e. The predicted molar refractivity (Wildman–Crippen MR) is 156 cm³/mol. The van der Waals surface area contributed by atoms with Gasteiger partial charge in [-0.3, -0.25) is 9.48 Å². The number of morpholine rings is 1. The Kier molecular flexibility index (Phi) is 8.11. The summed E-state index contributed by atoms with van der Waals surface area (Å²) in [5, 5.41) is 23.8. The van der Waals surface area contributed by atoms with Crippen LogP contribution in [0, 0.1) is 0 Å². The molecule has 0 aliphatic carbocycles. The first-order valence-corrected chi connectivity index (χ1v) is 13.9. The van der Waals surface area contributed by atoms with Crippen molar-refractivity contribution < 1.29 is 24.1 Å². The van der Waals surface area contributed by atoms with Crippen LogP contribution in [0.4, 0.5) is 0 Å². The van der Waals surface area contributed by atoms with Gasteiger partial charge in [0.25, 0.3) is 5.91 Å². The summed E-state index contributed by atoms with van der Waals surface area (Å²) in [5.74, 6) is 1.48. The first-order chi connectivity index (χ1) is 20.6. The fourth-order valence-electron chi connectivity index (χ4n) is 4.92. The number of aliphatic hydroxyl groups excluding tert-OH is 1. The molecule has 3 heterocycles. The van der Waals surface area contributed by atoms with Crippen LogP contribution < -0.4 is 9.47 Å². The number of hydrogen-bond donors (Lipinski definition) is 1. The van der Waals surface area contributed by atoms with Gasteiger partial charge in [0.2, 0.25) is 0 Å². The third-order valence-corrected chi connectivity index (χ3v) is 7.20. The van der Waals surface area contributed by atoms with Crippen molar-refractivity contribution in [1.82, 2.24) is 29.7 Å². The number of hydrogen-bond acceptors (Lipinski definition) is 8. The number of benzene rings is 3. The van der Waals surface area contributed by atoms with Gasteiger partial charge in [0, 0.05) is 37.1 Å². The topological polar surface area (TPSA) is 117 Å². The maximum atomic E-state index is 12.8. The number of aromatic nitrogens is 5. The highest BCUT2D eigenvalue weighted by molar-refractivity contribution is 5.95. The monoisotopic (exact) mass is 568 g/mol. The molecule has 1 fully saturated rings. The van der Waals surface area contributed by atoms with E-state index in [1.807, 2.05) is 77.6 Å². The molecule has 0 bridgehead atoms. The molecule has 3 aromatic carbocycles. The average Bonchev–Trinajstić information content (AvgIpc) is 3.67. The molecule has 11 nitrogen and oxygen atoms in total. The Morgan fingerprint density at radius 1 is 1.00 bits per heavy atom. The minimum atomic E-state index is -0.00462. The van der Waals surface area contributed by atoms with Gasteiger partial charge in [-0.15, -0.1) is 5.10 Å². The van der Waals surface area contributed by atoms with Crippen molar-refractivity contribution in [2.75, 3.05) is 46.6 Å². The van der Waals surface area contributed by atoms with Crippen LogP contribution in [0.25, 0.3) is 28.0 Å². The fraction of sp³-hybridized carbons (Fsp3) is 0.290. The van der Waals surface area contributed by atoms with Crippen molar-refractivity contribution in [2.45, 2.75) is 13.0 Å². The highest BCUT2D eigenvalue weighted by atomic mass is 16.5. The zero-order valence-electron chi connectivity index (χ0n) is 23.3. The number of aliphatic hydroxyl groups is 1. The maximum Gasteiger partial charge on any atom is 0.254 e. The van der Waals surface area contributed by atoms with E-state index in [4.69, 9.17) is 24.4 Å². The van der Waals surface area contributed by atoms with Crippen molar-refractivity contribution in [3.05, 3.63) is 84.1 Å². The third-order valence-electron chi connectivity index (χ3n) is 7.20. The molecule has 1 N–H and O–H groups in total. The summed E-state index contributed by atoms with van der Waals surface area (Å²) < 4.78 is 20.1. The van der Waals surface area contributed by atoms with Crippen molar-refractivity contribution in [2.24, 2.45) is 0 Å². The third kappa shape index (κ3) is 5.83. The average molecular weight is 569 g/mol. The smallest absolute Gasteiger partial charge is 0.254 e. The summed E-state index contributed by atoms with van der Waals surface area (Å²) in [5.41, 5.74) is 4.69. The normalized spacial score (nSPS) is 13.4. The number of methoxy groups -OCH3 is 1. The molecule has 1 aliphatic heterocycles. The van der Waals surface area contributed by atoms with Crippen LogP contribution in [0.15, 0.2) is 72.9 Å². The van der Waals surface area contributed by atoms with Gasteiger partial charge in [0.15, 0.2) is 0 Å². The van der Waals surface area contributed by atoms with Gasteiger partial charge in [-0.05, 0) is 60.2 Å². The molecule has 11 heteroatoms. The van der Waals surface area contributed by atoms with Crippen LogP contribution in [-0.4, -0.2) is 87.3 Å². The lowest BCUT2D eigenvalue weighted by Crippen LogP contribution is -2.40.